The molecule has 1 saturated heterocycles. The summed E-state index contributed by atoms with van der Waals surface area (Å²) in [5.74, 6) is 1.57. The fourth-order valence-electron chi connectivity index (χ4n) is 2.40. The molecule has 3 nitrogen and oxygen atoms in total. The highest BCUT2D eigenvalue weighted by atomic mass is 15.1. The van der Waals surface area contributed by atoms with Gasteiger partial charge in [0.2, 0.25) is 0 Å². The molecule has 2 rings (SSSR count). The highest BCUT2D eigenvalue weighted by Crippen LogP contribution is 2.21. The van der Waals surface area contributed by atoms with E-state index in [1.54, 1.807) is 6.20 Å². The Balaban J connectivity index is 1.87. The Morgan fingerprint density at radius 1 is 1.44 bits per heavy atom. The minimum Gasteiger partial charge on any atom is -0.384 e. The van der Waals surface area contributed by atoms with Gasteiger partial charge in [0.1, 0.15) is 5.82 Å². The maximum atomic E-state index is 5.68. The van der Waals surface area contributed by atoms with Crippen LogP contribution in [0, 0.1) is 5.92 Å². The second-order valence-electron chi connectivity index (χ2n) is 4.72. The minimum atomic E-state index is 0.626. The number of aromatic nitrogens is 1. The van der Waals surface area contributed by atoms with E-state index < -0.39 is 0 Å². The normalized spacial score (nSPS) is 18.8. The first-order chi connectivity index (χ1) is 7.78. The van der Waals surface area contributed by atoms with Crippen molar-refractivity contribution in [3.8, 4) is 0 Å². The molecule has 1 aromatic heterocycles. The van der Waals surface area contributed by atoms with Crippen molar-refractivity contribution in [2.24, 2.45) is 5.92 Å². The first-order valence-electron chi connectivity index (χ1n) is 6.20. The molecule has 3 heteroatoms. The zero-order valence-electron chi connectivity index (χ0n) is 10.0. The van der Waals surface area contributed by atoms with Gasteiger partial charge < -0.3 is 5.73 Å². The lowest BCUT2D eigenvalue weighted by Crippen LogP contribution is -2.33. The van der Waals surface area contributed by atoms with Gasteiger partial charge in [0.25, 0.3) is 0 Å². The predicted molar refractivity (Wildman–Crippen MR) is 66.9 cm³/mol. The van der Waals surface area contributed by atoms with Crippen LogP contribution in [0.15, 0.2) is 18.3 Å². The second-order valence-corrected chi connectivity index (χ2v) is 4.72. The zero-order chi connectivity index (χ0) is 11.4. The molecule has 0 radical (unpaired) electrons. The molecule has 0 atom stereocenters. The summed E-state index contributed by atoms with van der Waals surface area (Å²) in [5.41, 5.74) is 6.96. The van der Waals surface area contributed by atoms with Crippen molar-refractivity contribution in [3.05, 3.63) is 23.9 Å². The van der Waals surface area contributed by atoms with Gasteiger partial charge in [-0.05, 0) is 49.5 Å². The average molecular weight is 219 g/mol. The molecule has 0 aliphatic carbocycles. The molecule has 0 bridgehead atoms. The summed E-state index contributed by atoms with van der Waals surface area (Å²) < 4.78 is 0. The number of hydrogen-bond donors (Lipinski definition) is 1. The molecule has 1 aromatic rings. The Hall–Kier alpha value is -1.09. The van der Waals surface area contributed by atoms with Crippen molar-refractivity contribution in [1.82, 2.24) is 9.88 Å². The molecule has 0 aromatic carbocycles. The molecular weight excluding hydrogens is 198 g/mol. The molecule has 1 aliphatic heterocycles. The molecular formula is C13H21N3. The van der Waals surface area contributed by atoms with E-state index in [-0.39, 0.29) is 0 Å². The second kappa shape index (κ2) is 5.30. The lowest BCUT2D eigenvalue weighted by atomic mass is 9.94. The van der Waals surface area contributed by atoms with Crippen LogP contribution >= 0.6 is 0 Å². The summed E-state index contributed by atoms with van der Waals surface area (Å²) in [6, 6.07) is 4.04. The molecule has 88 valence electrons. The van der Waals surface area contributed by atoms with E-state index in [0.717, 1.165) is 12.5 Å². The first-order valence-corrected chi connectivity index (χ1v) is 6.20. The van der Waals surface area contributed by atoms with E-state index in [9.17, 15) is 0 Å². The molecule has 2 heterocycles. The summed E-state index contributed by atoms with van der Waals surface area (Å²) in [4.78, 5) is 6.53. The van der Waals surface area contributed by atoms with Crippen molar-refractivity contribution < 1.29 is 0 Å². The van der Waals surface area contributed by atoms with Gasteiger partial charge >= 0.3 is 0 Å². The summed E-state index contributed by atoms with van der Waals surface area (Å²) in [6.07, 6.45) is 5.81. The number of rotatable bonds is 3. The summed E-state index contributed by atoms with van der Waals surface area (Å²) >= 11 is 0. The fraction of sp³-hybridized carbons (Fsp3) is 0.615. The summed E-state index contributed by atoms with van der Waals surface area (Å²) in [5, 5.41) is 0. The molecule has 0 saturated carbocycles. The third kappa shape index (κ3) is 2.95. The van der Waals surface area contributed by atoms with Crippen LogP contribution in [0.5, 0.6) is 0 Å². The van der Waals surface area contributed by atoms with Crippen LogP contribution in [-0.2, 0) is 6.54 Å². The monoisotopic (exact) mass is 219 g/mol. The van der Waals surface area contributed by atoms with Crippen LogP contribution in [0.4, 0.5) is 5.82 Å². The van der Waals surface area contributed by atoms with E-state index in [2.05, 4.69) is 22.9 Å². The van der Waals surface area contributed by atoms with Gasteiger partial charge in [0, 0.05) is 12.7 Å². The lowest BCUT2D eigenvalue weighted by molar-refractivity contribution is 0.175. The summed E-state index contributed by atoms with van der Waals surface area (Å²) in [7, 11) is 0. The largest absolute Gasteiger partial charge is 0.384 e. The van der Waals surface area contributed by atoms with Gasteiger partial charge in [-0.25, -0.2) is 4.98 Å². The average Bonchev–Trinajstić information content (AvgIpc) is 2.30. The van der Waals surface area contributed by atoms with Gasteiger partial charge in [-0.15, -0.1) is 0 Å². The Kier molecular flexibility index (Phi) is 3.78. The highest BCUT2D eigenvalue weighted by molar-refractivity contribution is 5.31. The van der Waals surface area contributed by atoms with E-state index in [1.807, 2.05) is 6.07 Å². The minimum absolute atomic E-state index is 0.626. The Labute approximate surface area is 97.7 Å². The first kappa shape index (κ1) is 11.4. The van der Waals surface area contributed by atoms with Crippen molar-refractivity contribution in [1.29, 1.82) is 0 Å². The van der Waals surface area contributed by atoms with E-state index in [0.29, 0.717) is 5.82 Å². The van der Waals surface area contributed by atoms with Crippen LogP contribution in [0.25, 0.3) is 0 Å². The van der Waals surface area contributed by atoms with Gasteiger partial charge in [0.15, 0.2) is 0 Å². The van der Waals surface area contributed by atoms with Gasteiger partial charge in [-0.3, -0.25) is 4.90 Å². The molecule has 2 N–H and O–H groups in total. The third-order valence-electron chi connectivity index (χ3n) is 3.54. The van der Waals surface area contributed by atoms with Crippen LogP contribution in [0.1, 0.15) is 31.7 Å². The van der Waals surface area contributed by atoms with E-state index in [1.165, 1.54) is 37.9 Å². The van der Waals surface area contributed by atoms with Crippen molar-refractivity contribution in [2.45, 2.75) is 32.7 Å². The number of pyridine rings is 1. The molecule has 1 aliphatic rings. The van der Waals surface area contributed by atoms with Gasteiger partial charge in [-0.1, -0.05) is 13.3 Å². The smallest absolute Gasteiger partial charge is 0.123 e. The number of hydrogen-bond acceptors (Lipinski definition) is 3. The predicted octanol–water partition coefficient (Wildman–Crippen LogP) is 2.29. The lowest BCUT2D eigenvalue weighted by Gasteiger charge is -2.31. The maximum Gasteiger partial charge on any atom is 0.123 e. The Bertz CT molecular complexity index is 330. The van der Waals surface area contributed by atoms with Crippen molar-refractivity contribution in [2.75, 3.05) is 18.8 Å². The quantitative estimate of drug-likeness (QED) is 0.848. The molecule has 0 amide bonds. The third-order valence-corrected chi connectivity index (χ3v) is 3.54. The highest BCUT2D eigenvalue weighted by Gasteiger charge is 2.17. The summed E-state index contributed by atoms with van der Waals surface area (Å²) in [6.45, 7) is 5.76. The van der Waals surface area contributed by atoms with E-state index >= 15 is 0 Å². The molecule has 0 unspecified atom stereocenters. The molecule has 0 spiro atoms. The number of nitrogens with two attached hydrogens (primary N) is 1. The van der Waals surface area contributed by atoms with Gasteiger partial charge in [0.05, 0.1) is 0 Å². The van der Waals surface area contributed by atoms with Crippen molar-refractivity contribution >= 4 is 5.82 Å². The fourth-order valence-corrected chi connectivity index (χ4v) is 2.40. The number of anilines is 1. The standard InChI is InChI=1S/C13H21N3/c1-2-11-4-7-16(8-5-11)10-12-3-6-15-13(14)9-12/h3,6,9,11H,2,4-5,7-8,10H2,1H3,(H2,14,15). The number of nitrogens with zero attached hydrogens (tertiary/aromatic N) is 2. The van der Waals surface area contributed by atoms with Gasteiger partial charge in [-0.2, -0.15) is 0 Å². The van der Waals surface area contributed by atoms with Crippen LogP contribution in [-0.4, -0.2) is 23.0 Å². The van der Waals surface area contributed by atoms with E-state index in [4.69, 9.17) is 5.73 Å². The number of likely N-dealkylation sites (tertiary alicyclic amines) is 1. The van der Waals surface area contributed by atoms with Crippen LogP contribution in [0.2, 0.25) is 0 Å². The SMILES string of the molecule is CCC1CCN(Cc2ccnc(N)c2)CC1. The molecule has 1 fully saturated rings. The maximum absolute atomic E-state index is 5.68. The van der Waals surface area contributed by atoms with Crippen LogP contribution in [0.3, 0.4) is 0 Å². The Morgan fingerprint density at radius 3 is 2.81 bits per heavy atom. The van der Waals surface area contributed by atoms with Crippen molar-refractivity contribution in [3.63, 3.8) is 0 Å². The van der Waals surface area contributed by atoms with Crippen LogP contribution < -0.4 is 5.73 Å². The zero-order valence-corrected chi connectivity index (χ0v) is 10.0. The molecule has 16 heavy (non-hydrogen) atoms. The Morgan fingerprint density at radius 2 is 2.19 bits per heavy atom. The number of nitrogen functional groups attached to an aromatic ring is 1. The number of piperidine rings is 1. The topological polar surface area (TPSA) is 42.2 Å².